The van der Waals surface area contributed by atoms with Crippen molar-refractivity contribution in [2.45, 2.75) is 19.8 Å². The molecular formula is C19H22Cl2N2O3. The maximum atomic E-state index is 13.1. The van der Waals surface area contributed by atoms with Crippen molar-refractivity contribution in [2.24, 2.45) is 0 Å². The van der Waals surface area contributed by atoms with E-state index in [1.807, 2.05) is 25.1 Å². The standard InChI is InChI=1S/C19H21ClN2O3.ClH/c1-3-25-18-14(20)10-12(11-17(18)24-2)19(23)22-9-5-6-13-15(21)7-4-8-16(13)22;/h4,7-8,10-11H,3,5-6,9,21H2,1-2H3;1H. The molecule has 0 fully saturated rings. The quantitative estimate of drug-likeness (QED) is 0.780. The summed E-state index contributed by atoms with van der Waals surface area (Å²) in [5.41, 5.74) is 9.13. The van der Waals surface area contributed by atoms with Crippen molar-refractivity contribution in [1.29, 1.82) is 0 Å². The van der Waals surface area contributed by atoms with Gasteiger partial charge < -0.3 is 20.1 Å². The Kier molecular flexibility index (Phi) is 6.62. The zero-order valence-electron chi connectivity index (χ0n) is 14.8. The molecule has 0 saturated heterocycles. The summed E-state index contributed by atoms with van der Waals surface area (Å²) in [6.45, 7) is 2.97. The van der Waals surface area contributed by atoms with E-state index >= 15 is 0 Å². The lowest BCUT2D eigenvalue weighted by Crippen LogP contribution is -2.35. The van der Waals surface area contributed by atoms with Crippen LogP contribution in [0.3, 0.4) is 0 Å². The molecule has 0 radical (unpaired) electrons. The molecule has 1 amide bonds. The van der Waals surface area contributed by atoms with Crippen molar-refractivity contribution in [3.8, 4) is 11.5 Å². The van der Waals surface area contributed by atoms with Gasteiger partial charge in [0.25, 0.3) is 5.91 Å². The molecule has 7 heteroatoms. The number of methoxy groups -OCH3 is 1. The number of nitrogen functional groups attached to an aromatic ring is 1. The van der Waals surface area contributed by atoms with Crippen molar-refractivity contribution in [3.63, 3.8) is 0 Å². The van der Waals surface area contributed by atoms with E-state index in [9.17, 15) is 4.79 Å². The third-order valence-electron chi connectivity index (χ3n) is 4.30. The van der Waals surface area contributed by atoms with E-state index in [-0.39, 0.29) is 18.3 Å². The predicted octanol–water partition coefficient (Wildman–Crippen LogP) is 4.34. The highest BCUT2D eigenvalue weighted by Crippen LogP contribution is 2.38. The minimum Gasteiger partial charge on any atom is -0.493 e. The monoisotopic (exact) mass is 396 g/mol. The first-order valence-electron chi connectivity index (χ1n) is 8.26. The lowest BCUT2D eigenvalue weighted by atomic mass is 9.99. The predicted molar refractivity (Wildman–Crippen MR) is 107 cm³/mol. The van der Waals surface area contributed by atoms with Crippen LogP contribution in [-0.2, 0) is 6.42 Å². The third-order valence-corrected chi connectivity index (χ3v) is 4.58. The van der Waals surface area contributed by atoms with Gasteiger partial charge in [-0.25, -0.2) is 0 Å². The number of anilines is 2. The number of carbonyl (C=O) groups is 1. The number of benzene rings is 2. The van der Waals surface area contributed by atoms with Crippen LogP contribution in [0.1, 0.15) is 29.3 Å². The van der Waals surface area contributed by atoms with Gasteiger partial charge in [-0.2, -0.15) is 0 Å². The van der Waals surface area contributed by atoms with Gasteiger partial charge >= 0.3 is 0 Å². The number of hydrogen-bond acceptors (Lipinski definition) is 4. The highest BCUT2D eigenvalue weighted by Gasteiger charge is 2.26. The molecule has 0 atom stereocenters. The van der Waals surface area contributed by atoms with Crippen LogP contribution in [0.25, 0.3) is 0 Å². The molecule has 0 spiro atoms. The number of fused-ring (bicyclic) bond motifs is 1. The van der Waals surface area contributed by atoms with Crippen molar-refractivity contribution >= 4 is 41.3 Å². The molecule has 0 bridgehead atoms. The fourth-order valence-corrected chi connectivity index (χ4v) is 3.41. The summed E-state index contributed by atoms with van der Waals surface area (Å²) >= 11 is 6.30. The van der Waals surface area contributed by atoms with Gasteiger partial charge in [0.2, 0.25) is 0 Å². The summed E-state index contributed by atoms with van der Waals surface area (Å²) < 4.78 is 10.9. The van der Waals surface area contributed by atoms with Crippen LogP contribution in [0, 0.1) is 0 Å². The SMILES string of the molecule is CCOc1c(Cl)cc(C(=O)N2CCCc3c(N)cccc32)cc1OC.Cl. The van der Waals surface area contributed by atoms with Crippen molar-refractivity contribution in [3.05, 3.63) is 46.5 Å². The second-order valence-corrected chi connectivity index (χ2v) is 6.23. The average Bonchev–Trinajstić information content (AvgIpc) is 2.62. The third kappa shape index (κ3) is 3.69. The van der Waals surface area contributed by atoms with E-state index in [1.54, 1.807) is 17.0 Å². The molecule has 140 valence electrons. The molecule has 5 nitrogen and oxygen atoms in total. The van der Waals surface area contributed by atoms with Crippen molar-refractivity contribution in [1.82, 2.24) is 0 Å². The Balaban J connectivity index is 0.00000243. The summed E-state index contributed by atoms with van der Waals surface area (Å²) in [4.78, 5) is 14.8. The van der Waals surface area contributed by atoms with Gasteiger partial charge in [0.05, 0.1) is 18.7 Å². The Morgan fingerprint density at radius 3 is 2.81 bits per heavy atom. The van der Waals surface area contributed by atoms with Crippen LogP contribution in [0.5, 0.6) is 11.5 Å². The van der Waals surface area contributed by atoms with E-state index in [0.29, 0.717) is 35.2 Å². The van der Waals surface area contributed by atoms with Crippen LogP contribution in [0.2, 0.25) is 5.02 Å². The molecule has 2 N–H and O–H groups in total. The molecule has 0 aliphatic carbocycles. The van der Waals surface area contributed by atoms with Crippen LogP contribution < -0.4 is 20.1 Å². The molecule has 0 aromatic heterocycles. The largest absolute Gasteiger partial charge is 0.493 e. The van der Waals surface area contributed by atoms with Crippen molar-refractivity contribution < 1.29 is 14.3 Å². The maximum Gasteiger partial charge on any atom is 0.258 e. The second-order valence-electron chi connectivity index (χ2n) is 5.83. The first-order chi connectivity index (χ1) is 12.1. The van der Waals surface area contributed by atoms with Crippen LogP contribution >= 0.6 is 24.0 Å². The summed E-state index contributed by atoms with van der Waals surface area (Å²) in [7, 11) is 1.53. The number of ether oxygens (including phenoxy) is 2. The number of rotatable bonds is 4. The number of halogens is 2. The van der Waals surface area contributed by atoms with Gasteiger partial charge in [0.1, 0.15) is 0 Å². The zero-order valence-corrected chi connectivity index (χ0v) is 16.3. The van der Waals surface area contributed by atoms with E-state index in [1.165, 1.54) is 7.11 Å². The van der Waals surface area contributed by atoms with Crippen LogP contribution in [-0.4, -0.2) is 26.2 Å². The smallest absolute Gasteiger partial charge is 0.258 e. The zero-order chi connectivity index (χ0) is 18.0. The van der Waals surface area contributed by atoms with Gasteiger partial charge in [-0.1, -0.05) is 17.7 Å². The summed E-state index contributed by atoms with van der Waals surface area (Å²) in [5.74, 6) is 0.767. The summed E-state index contributed by atoms with van der Waals surface area (Å²) in [6, 6.07) is 8.95. The van der Waals surface area contributed by atoms with E-state index in [2.05, 4.69) is 0 Å². The van der Waals surface area contributed by atoms with E-state index < -0.39 is 0 Å². The Morgan fingerprint density at radius 2 is 2.12 bits per heavy atom. The van der Waals surface area contributed by atoms with Gasteiger partial charge in [-0.05, 0) is 49.6 Å². The number of nitrogens with two attached hydrogens (primary N) is 1. The molecule has 3 rings (SSSR count). The minimum absolute atomic E-state index is 0. The second kappa shape index (κ2) is 8.52. The molecule has 1 aliphatic heterocycles. The molecule has 1 heterocycles. The number of hydrogen-bond donors (Lipinski definition) is 1. The average molecular weight is 397 g/mol. The molecular weight excluding hydrogens is 375 g/mol. The number of amides is 1. The lowest BCUT2D eigenvalue weighted by Gasteiger charge is -2.30. The Bertz CT molecular complexity index is 812. The first-order valence-corrected chi connectivity index (χ1v) is 8.64. The topological polar surface area (TPSA) is 64.8 Å². The maximum absolute atomic E-state index is 13.1. The Hall–Kier alpha value is -2.11. The molecule has 1 aliphatic rings. The Morgan fingerprint density at radius 1 is 1.35 bits per heavy atom. The van der Waals surface area contributed by atoms with E-state index in [4.69, 9.17) is 26.8 Å². The fraction of sp³-hybridized carbons (Fsp3) is 0.316. The van der Waals surface area contributed by atoms with Gasteiger partial charge in [-0.15, -0.1) is 12.4 Å². The summed E-state index contributed by atoms with van der Waals surface area (Å²) in [5, 5.41) is 0.356. The normalized spacial score (nSPS) is 12.8. The lowest BCUT2D eigenvalue weighted by molar-refractivity contribution is 0.0984. The molecule has 0 unspecified atom stereocenters. The molecule has 2 aromatic carbocycles. The molecule has 26 heavy (non-hydrogen) atoms. The van der Waals surface area contributed by atoms with Gasteiger partial charge in [-0.3, -0.25) is 4.79 Å². The number of nitrogens with zero attached hydrogens (tertiary/aromatic N) is 1. The van der Waals surface area contributed by atoms with Crippen LogP contribution in [0.15, 0.2) is 30.3 Å². The number of carbonyl (C=O) groups excluding carboxylic acids is 1. The minimum atomic E-state index is -0.130. The van der Waals surface area contributed by atoms with Crippen molar-refractivity contribution in [2.75, 3.05) is 30.9 Å². The summed E-state index contributed by atoms with van der Waals surface area (Å²) in [6.07, 6.45) is 1.74. The molecule has 0 saturated carbocycles. The fourth-order valence-electron chi connectivity index (χ4n) is 3.15. The Labute approximate surface area is 164 Å². The van der Waals surface area contributed by atoms with E-state index in [0.717, 1.165) is 29.8 Å². The van der Waals surface area contributed by atoms with Gasteiger partial charge in [0, 0.05) is 23.5 Å². The first kappa shape index (κ1) is 20.2. The highest BCUT2D eigenvalue weighted by atomic mass is 35.5. The molecule has 2 aromatic rings. The van der Waals surface area contributed by atoms with Gasteiger partial charge in [0.15, 0.2) is 11.5 Å². The highest BCUT2D eigenvalue weighted by molar-refractivity contribution is 6.32. The van der Waals surface area contributed by atoms with Crippen LogP contribution in [0.4, 0.5) is 11.4 Å².